The molecule has 1 aromatic heterocycles. The van der Waals surface area contributed by atoms with Crippen molar-refractivity contribution in [3.05, 3.63) is 47.7 Å². The van der Waals surface area contributed by atoms with E-state index in [2.05, 4.69) is 14.6 Å². The molecular formula is C19H23N3O4S. The second-order valence-corrected chi connectivity index (χ2v) is 8.62. The van der Waals surface area contributed by atoms with Gasteiger partial charge >= 0.3 is 0 Å². The Morgan fingerprint density at radius 2 is 2.15 bits per heavy atom. The van der Waals surface area contributed by atoms with E-state index >= 15 is 0 Å². The van der Waals surface area contributed by atoms with Crippen molar-refractivity contribution >= 4 is 15.7 Å². The standard InChI is InChI=1S/C19H23N3O4S/c1-22-9-7-13-3-5-15(11-17(13)22)27(23,24)21-16-8-10-26-19(16)14-4-6-18(25-2)20-12-14/h3-6,11-12,16,19,21H,7-10H2,1-2H3/t16-,19+/m0/s1. The molecule has 1 N–H and O–H groups in total. The van der Waals surface area contributed by atoms with Crippen molar-refractivity contribution < 1.29 is 17.9 Å². The Bertz CT molecular complexity index is 930. The highest BCUT2D eigenvalue weighted by molar-refractivity contribution is 7.89. The fraction of sp³-hybridized carbons (Fsp3) is 0.421. The average Bonchev–Trinajstić information content (AvgIpc) is 3.28. The summed E-state index contributed by atoms with van der Waals surface area (Å²) >= 11 is 0. The lowest BCUT2D eigenvalue weighted by Crippen LogP contribution is -2.36. The van der Waals surface area contributed by atoms with E-state index < -0.39 is 10.0 Å². The second kappa shape index (κ2) is 7.10. The molecule has 1 fully saturated rings. The van der Waals surface area contributed by atoms with Crippen LogP contribution in [0, 0.1) is 0 Å². The van der Waals surface area contributed by atoms with Crippen LogP contribution in [-0.4, -0.2) is 46.8 Å². The van der Waals surface area contributed by atoms with Gasteiger partial charge in [-0.2, -0.15) is 0 Å². The molecule has 2 aliphatic rings. The van der Waals surface area contributed by atoms with Gasteiger partial charge in [-0.05, 0) is 36.6 Å². The molecule has 2 atom stereocenters. The summed E-state index contributed by atoms with van der Waals surface area (Å²) in [5.74, 6) is 0.510. The Morgan fingerprint density at radius 1 is 1.30 bits per heavy atom. The number of anilines is 1. The highest BCUT2D eigenvalue weighted by atomic mass is 32.2. The largest absolute Gasteiger partial charge is 0.481 e. The number of likely N-dealkylation sites (N-methyl/N-ethyl adjacent to an activating group) is 1. The minimum atomic E-state index is -3.64. The third-order valence-corrected chi connectivity index (χ3v) is 6.68. The van der Waals surface area contributed by atoms with Crippen LogP contribution in [0.1, 0.15) is 23.7 Å². The van der Waals surface area contributed by atoms with Crippen molar-refractivity contribution in [1.82, 2.24) is 9.71 Å². The van der Waals surface area contributed by atoms with Crippen molar-refractivity contribution in [3.63, 3.8) is 0 Å². The van der Waals surface area contributed by atoms with Gasteiger partial charge in [-0.25, -0.2) is 18.1 Å². The van der Waals surface area contributed by atoms with E-state index in [0.717, 1.165) is 24.2 Å². The summed E-state index contributed by atoms with van der Waals surface area (Å²) in [6.45, 7) is 1.41. The molecule has 8 heteroatoms. The van der Waals surface area contributed by atoms with Crippen molar-refractivity contribution in [3.8, 4) is 5.88 Å². The van der Waals surface area contributed by atoms with Crippen LogP contribution in [0.4, 0.5) is 5.69 Å². The first-order valence-electron chi connectivity index (χ1n) is 8.96. The molecule has 1 aromatic carbocycles. The van der Waals surface area contributed by atoms with Crippen molar-refractivity contribution in [2.75, 3.05) is 32.2 Å². The zero-order chi connectivity index (χ0) is 19.0. The van der Waals surface area contributed by atoms with Crippen LogP contribution >= 0.6 is 0 Å². The maximum Gasteiger partial charge on any atom is 0.240 e. The number of benzene rings is 1. The van der Waals surface area contributed by atoms with Gasteiger partial charge < -0.3 is 14.4 Å². The van der Waals surface area contributed by atoms with Gasteiger partial charge in [-0.1, -0.05) is 6.07 Å². The molecule has 0 radical (unpaired) electrons. The molecule has 144 valence electrons. The smallest absolute Gasteiger partial charge is 0.240 e. The molecule has 0 amide bonds. The number of rotatable bonds is 5. The number of hydrogen-bond acceptors (Lipinski definition) is 6. The summed E-state index contributed by atoms with van der Waals surface area (Å²) in [5, 5.41) is 0. The summed E-state index contributed by atoms with van der Waals surface area (Å²) in [6.07, 6.45) is 2.86. The Balaban J connectivity index is 1.55. The molecule has 0 saturated carbocycles. The lowest BCUT2D eigenvalue weighted by molar-refractivity contribution is 0.102. The highest BCUT2D eigenvalue weighted by Gasteiger charge is 2.34. The summed E-state index contributed by atoms with van der Waals surface area (Å²) in [7, 11) is -0.110. The van der Waals surface area contributed by atoms with E-state index in [1.54, 1.807) is 31.5 Å². The first kappa shape index (κ1) is 18.2. The lowest BCUT2D eigenvalue weighted by Gasteiger charge is -2.21. The number of sulfonamides is 1. The molecule has 1 saturated heterocycles. The molecule has 0 bridgehead atoms. The number of pyridine rings is 1. The van der Waals surface area contributed by atoms with Crippen LogP contribution in [0.2, 0.25) is 0 Å². The first-order valence-corrected chi connectivity index (χ1v) is 10.4. The van der Waals surface area contributed by atoms with Gasteiger partial charge in [0.15, 0.2) is 0 Å². The van der Waals surface area contributed by atoms with Crippen LogP contribution in [0.25, 0.3) is 0 Å². The zero-order valence-electron chi connectivity index (χ0n) is 15.4. The van der Waals surface area contributed by atoms with Gasteiger partial charge in [0.05, 0.1) is 18.0 Å². The number of nitrogens with zero attached hydrogens (tertiary/aromatic N) is 2. The minimum absolute atomic E-state index is 0.286. The van der Waals surface area contributed by atoms with Gasteiger partial charge in [0.2, 0.25) is 15.9 Å². The fourth-order valence-electron chi connectivity index (χ4n) is 3.67. The van der Waals surface area contributed by atoms with Gasteiger partial charge in [-0.15, -0.1) is 0 Å². The molecule has 7 nitrogen and oxygen atoms in total. The Morgan fingerprint density at radius 3 is 2.89 bits per heavy atom. The zero-order valence-corrected chi connectivity index (χ0v) is 16.2. The van der Waals surface area contributed by atoms with Gasteiger partial charge in [0.1, 0.15) is 6.10 Å². The SMILES string of the molecule is COc1ccc([C@H]2OCC[C@@H]2NS(=O)(=O)c2ccc3c(c2)N(C)CC3)cn1. The average molecular weight is 389 g/mol. The van der Waals surface area contributed by atoms with Crippen molar-refractivity contribution in [2.45, 2.75) is 29.9 Å². The normalized spacial score (nSPS) is 22.1. The van der Waals surface area contributed by atoms with Crippen LogP contribution in [-0.2, 0) is 21.2 Å². The van der Waals surface area contributed by atoms with Crippen molar-refractivity contribution in [1.29, 1.82) is 0 Å². The van der Waals surface area contributed by atoms with Crippen LogP contribution in [0.15, 0.2) is 41.4 Å². The number of nitrogens with one attached hydrogen (secondary N) is 1. The molecule has 27 heavy (non-hydrogen) atoms. The quantitative estimate of drug-likeness (QED) is 0.841. The molecule has 0 aliphatic carbocycles. The minimum Gasteiger partial charge on any atom is -0.481 e. The van der Waals surface area contributed by atoms with E-state index in [4.69, 9.17) is 9.47 Å². The van der Waals surface area contributed by atoms with Crippen LogP contribution < -0.4 is 14.4 Å². The third-order valence-electron chi connectivity index (χ3n) is 5.19. The summed E-state index contributed by atoms with van der Waals surface area (Å²) < 4.78 is 39.6. The summed E-state index contributed by atoms with van der Waals surface area (Å²) in [5.41, 5.74) is 2.99. The Hall–Kier alpha value is -2.16. The van der Waals surface area contributed by atoms with Crippen LogP contribution in [0.5, 0.6) is 5.88 Å². The van der Waals surface area contributed by atoms with E-state index in [0.29, 0.717) is 18.9 Å². The van der Waals surface area contributed by atoms with E-state index in [9.17, 15) is 8.42 Å². The molecule has 2 aromatic rings. The molecule has 0 unspecified atom stereocenters. The molecular weight excluding hydrogens is 366 g/mol. The monoisotopic (exact) mass is 389 g/mol. The van der Waals surface area contributed by atoms with E-state index in [1.165, 1.54) is 5.56 Å². The number of methoxy groups -OCH3 is 1. The number of hydrogen-bond donors (Lipinski definition) is 1. The third kappa shape index (κ3) is 3.52. The van der Waals surface area contributed by atoms with E-state index in [-0.39, 0.29) is 17.0 Å². The Labute approximate surface area is 159 Å². The predicted molar refractivity (Wildman–Crippen MR) is 102 cm³/mol. The topological polar surface area (TPSA) is 80.8 Å². The Kier molecular flexibility index (Phi) is 4.79. The highest BCUT2D eigenvalue weighted by Crippen LogP contribution is 2.32. The van der Waals surface area contributed by atoms with Gasteiger partial charge in [0.25, 0.3) is 0 Å². The molecule has 0 spiro atoms. The number of fused-ring (bicyclic) bond motifs is 1. The van der Waals surface area contributed by atoms with Crippen LogP contribution in [0.3, 0.4) is 0 Å². The maximum atomic E-state index is 13.0. The summed E-state index contributed by atoms with van der Waals surface area (Å²) in [6, 6.07) is 8.61. The van der Waals surface area contributed by atoms with Gasteiger partial charge in [0, 0.05) is 43.7 Å². The molecule has 3 heterocycles. The second-order valence-electron chi connectivity index (χ2n) is 6.90. The van der Waals surface area contributed by atoms with Crippen molar-refractivity contribution in [2.24, 2.45) is 0 Å². The fourth-order valence-corrected chi connectivity index (χ4v) is 4.96. The number of ether oxygens (including phenoxy) is 2. The van der Waals surface area contributed by atoms with E-state index in [1.807, 2.05) is 19.2 Å². The maximum absolute atomic E-state index is 13.0. The lowest BCUT2D eigenvalue weighted by atomic mass is 10.1. The molecule has 4 rings (SSSR count). The first-order chi connectivity index (χ1) is 13.0. The molecule has 2 aliphatic heterocycles. The predicted octanol–water partition coefficient (Wildman–Crippen LogP) is 1.89. The number of aromatic nitrogens is 1. The summed E-state index contributed by atoms with van der Waals surface area (Å²) in [4.78, 5) is 6.56. The van der Waals surface area contributed by atoms with Gasteiger partial charge in [-0.3, -0.25) is 0 Å².